The predicted molar refractivity (Wildman–Crippen MR) is 120 cm³/mol. The van der Waals surface area contributed by atoms with E-state index < -0.39 is 0 Å². The highest BCUT2D eigenvalue weighted by atomic mass is 16.5. The third kappa shape index (κ3) is 4.19. The molecule has 0 aliphatic rings. The van der Waals surface area contributed by atoms with Gasteiger partial charge in [0.1, 0.15) is 17.7 Å². The molecule has 0 bridgehead atoms. The Hall–Kier alpha value is -3.92. The van der Waals surface area contributed by atoms with Gasteiger partial charge in [-0.15, -0.1) is 4.98 Å². The number of hydrogen-bond acceptors (Lipinski definition) is 4. The van der Waals surface area contributed by atoms with Crippen LogP contribution in [-0.4, -0.2) is 19.1 Å². The smallest absolute Gasteiger partial charge is 0.330 e. The number of hydrogen-bond donors (Lipinski definition) is 0. The topological polar surface area (TPSA) is 66.3 Å². The summed E-state index contributed by atoms with van der Waals surface area (Å²) in [5.41, 5.74) is 2.99. The number of aromatic nitrogens is 4. The van der Waals surface area contributed by atoms with E-state index in [4.69, 9.17) is 16.3 Å². The van der Waals surface area contributed by atoms with Crippen LogP contribution in [0.5, 0.6) is 11.5 Å². The van der Waals surface area contributed by atoms with Gasteiger partial charge in [0.05, 0.1) is 11.2 Å². The summed E-state index contributed by atoms with van der Waals surface area (Å²) in [4.78, 5) is 24.8. The van der Waals surface area contributed by atoms with Crippen LogP contribution in [0.3, 0.4) is 0 Å². The Morgan fingerprint density at radius 1 is 1.10 bits per heavy atom. The lowest BCUT2D eigenvalue weighted by Gasteiger charge is -2.18. The molecule has 0 unspecified atom stereocenters. The Bertz CT molecular complexity index is 1370. The van der Waals surface area contributed by atoms with E-state index in [1.54, 1.807) is 34.5 Å². The van der Waals surface area contributed by atoms with E-state index in [0.29, 0.717) is 23.7 Å². The van der Waals surface area contributed by atoms with Gasteiger partial charge in [0.2, 0.25) is 0 Å². The Morgan fingerprint density at radius 3 is 2.61 bits per heavy atom. The van der Waals surface area contributed by atoms with Gasteiger partial charge >= 0.3 is 5.69 Å². The van der Waals surface area contributed by atoms with Crippen molar-refractivity contribution in [1.29, 1.82) is 0 Å². The molecule has 1 aromatic carbocycles. The molecule has 0 atom stereocenters. The highest BCUT2D eigenvalue weighted by molar-refractivity contribution is 5.76. The quantitative estimate of drug-likeness (QED) is 0.432. The molecule has 0 N–H and O–H groups in total. The maximum absolute atomic E-state index is 12.8. The van der Waals surface area contributed by atoms with E-state index in [9.17, 15) is 4.79 Å². The minimum absolute atomic E-state index is 0.0253. The lowest BCUT2D eigenvalue weighted by molar-refractivity contribution is 0.342. The second-order valence-corrected chi connectivity index (χ2v) is 8.62. The molecule has 7 heteroatoms. The lowest BCUT2D eigenvalue weighted by atomic mass is 9.97. The van der Waals surface area contributed by atoms with E-state index in [1.807, 2.05) is 36.4 Å². The summed E-state index contributed by atoms with van der Waals surface area (Å²) in [6.45, 7) is 14.0. The van der Waals surface area contributed by atoms with Crippen molar-refractivity contribution in [2.45, 2.75) is 27.3 Å². The van der Waals surface area contributed by atoms with Gasteiger partial charge in [-0.05, 0) is 29.7 Å². The van der Waals surface area contributed by atoms with E-state index in [0.717, 1.165) is 16.8 Å². The maximum Gasteiger partial charge on any atom is 0.330 e. The van der Waals surface area contributed by atoms with Crippen molar-refractivity contribution in [3.63, 3.8) is 0 Å². The van der Waals surface area contributed by atoms with Gasteiger partial charge < -0.3 is 9.58 Å². The van der Waals surface area contributed by atoms with Crippen molar-refractivity contribution in [3.05, 3.63) is 76.6 Å². The van der Waals surface area contributed by atoms with Crippen LogP contribution in [0.2, 0.25) is 0 Å². The second-order valence-electron chi connectivity index (χ2n) is 8.62. The molecule has 0 radical (unpaired) electrons. The van der Waals surface area contributed by atoms with Crippen LogP contribution in [-0.2, 0) is 13.6 Å². The first-order chi connectivity index (χ1) is 14.7. The Labute approximate surface area is 180 Å². The van der Waals surface area contributed by atoms with E-state index >= 15 is 0 Å². The molecular formula is C24H23N5O2. The molecule has 3 heterocycles. The fourth-order valence-corrected chi connectivity index (χ4v) is 3.44. The summed E-state index contributed by atoms with van der Waals surface area (Å²) in [5, 5.41) is 0. The van der Waals surface area contributed by atoms with Gasteiger partial charge in [-0.3, -0.25) is 9.13 Å². The fourth-order valence-electron chi connectivity index (χ4n) is 3.44. The summed E-state index contributed by atoms with van der Waals surface area (Å²) >= 11 is 0. The zero-order valence-corrected chi connectivity index (χ0v) is 18.0. The highest BCUT2D eigenvalue weighted by Gasteiger charge is 2.19. The highest BCUT2D eigenvalue weighted by Crippen LogP contribution is 2.29. The molecule has 0 aliphatic carbocycles. The number of rotatable bonds is 4. The number of aryl methyl sites for hydroxylation is 1. The van der Waals surface area contributed by atoms with Crippen LogP contribution in [0, 0.1) is 12.0 Å². The summed E-state index contributed by atoms with van der Waals surface area (Å²) in [5.74, 6) is 1.45. The average molecular weight is 413 g/mol. The van der Waals surface area contributed by atoms with Gasteiger partial charge in [0.15, 0.2) is 5.65 Å². The molecule has 0 saturated heterocycles. The first-order valence-electron chi connectivity index (χ1n) is 9.93. The van der Waals surface area contributed by atoms with Gasteiger partial charge in [0, 0.05) is 31.3 Å². The van der Waals surface area contributed by atoms with E-state index in [2.05, 4.69) is 30.6 Å². The molecular weight excluding hydrogens is 390 g/mol. The SMILES string of the molecule is [C-]#[N+]c1cc(Oc2cccc(-c3ccc4c(n3)n(C)c(=O)n4CC(C)(C)C)c2)ccn1. The number of ether oxygens (including phenoxy) is 1. The van der Waals surface area contributed by atoms with E-state index in [-0.39, 0.29) is 16.9 Å². The molecule has 4 rings (SSSR count). The molecule has 0 spiro atoms. The number of nitrogens with zero attached hydrogens (tertiary/aromatic N) is 5. The zero-order chi connectivity index (χ0) is 22.2. The van der Waals surface area contributed by atoms with Crippen molar-refractivity contribution in [2.24, 2.45) is 12.5 Å². The normalized spacial score (nSPS) is 11.5. The Morgan fingerprint density at radius 2 is 1.87 bits per heavy atom. The van der Waals surface area contributed by atoms with Crippen LogP contribution < -0.4 is 10.4 Å². The molecule has 0 aliphatic heterocycles. The lowest BCUT2D eigenvalue weighted by Crippen LogP contribution is -2.27. The fraction of sp³-hybridized carbons (Fsp3) is 0.250. The van der Waals surface area contributed by atoms with Crippen LogP contribution >= 0.6 is 0 Å². The van der Waals surface area contributed by atoms with Crippen LogP contribution in [0.4, 0.5) is 5.82 Å². The Kier molecular flexibility index (Phi) is 5.07. The van der Waals surface area contributed by atoms with Crippen molar-refractivity contribution in [3.8, 4) is 22.8 Å². The third-order valence-corrected chi connectivity index (χ3v) is 4.81. The van der Waals surface area contributed by atoms with E-state index in [1.165, 1.54) is 0 Å². The first kappa shape index (κ1) is 20.4. The molecule has 156 valence electrons. The van der Waals surface area contributed by atoms with Crippen molar-refractivity contribution in [2.75, 3.05) is 0 Å². The van der Waals surface area contributed by atoms with Gasteiger partial charge in [-0.25, -0.2) is 9.78 Å². The second kappa shape index (κ2) is 7.73. The number of imidazole rings is 1. The van der Waals surface area contributed by atoms with Crippen molar-refractivity contribution >= 4 is 17.0 Å². The number of benzene rings is 1. The maximum atomic E-state index is 12.8. The van der Waals surface area contributed by atoms with Crippen LogP contribution in [0.25, 0.3) is 27.3 Å². The van der Waals surface area contributed by atoms with Crippen LogP contribution in [0.1, 0.15) is 20.8 Å². The summed E-state index contributed by atoms with van der Waals surface area (Å²) in [6, 6.07) is 14.7. The largest absolute Gasteiger partial charge is 0.458 e. The summed E-state index contributed by atoms with van der Waals surface area (Å²) < 4.78 is 9.27. The average Bonchev–Trinajstić information content (AvgIpc) is 2.97. The molecule has 0 saturated carbocycles. The third-order valence-electron chi connectivity index (χ3n) is 4.81. The zero-order valence-electron chi connectivity index (χ0n) is 18.0. The van der Waals surface area contributed by atoms with Gasteiger partial charge in [0.25, 0.3) is 5.82 Å². The molecule has 3 aromatic heterocycles. The summed E-state index contributed by atoms with van der Waals surface area (Å²) in [6.07, 6.45) is 1.55. The Balaban J connectivity index is 1.71. The summed E-state index contributed by atoms with van der Waals surface area (Å²) in [7, 11) is 1.75. The predicted octanol–water partition coefficient (Wildman–Crippen LogP) is 5.19. The van der Waals surface area contributed by atoms with Crippen LogP contribution in [0.15, 0.2) is 59.5 Å². The minimum Gasteiger partial charge on any atom is -0.458 e. The molecule has 31 heavy (non-hydrogen) atoms. The van der Waals surface area contributed by atoms with Crippen molar-refractivity contribution < 1.29 is 4.74 Å². The molecule has 4 aromatic rings. The van der Waals surface area contributed by atoms with Gasteiger partial charge in [-0.1, -0.05) is 39.5 Å². The standard InChI is InChI=1S/C24H23N5O2/c1-24(2,3)15-29-20-10-9-19(27-22(20)28(5)23(29)30)16-7-6-8-17(13-16)31-18-11-12-26-21(14-18)25-4/h6-14H,15H2,1-3,5H3. The number of fused-ring (bicyclic) bond motifs is 1. The molecule has 0 fully saturated rings. The number of pyridine rings is 2. The first-order valence-corrected chi connectivity index (χ1v) is 9.93. The molecule has 0 amide bonds. The van der Waals surface area contributed by atoms with Crippen molar-refractivity contribution in [1.82, 2.24) is 19.1 Å². The molecule has 7 nitrogen and oxygen atoms in total. The van der Waals surface area contributed by atoms with Gasteiger partial charge in [-0.2, -0.15) is 0 Å². The minimum atomic E-state index is -0.0695. The monoisotopic (exact) mass is 413 g/mol.